The van der Waals surface area contributed by atoms with E-state index in [2.05, 4.69) is 10.5 Å². The van der Waals surface area contributed by atoms with Gasteiger partial charge in [-0.1, -0.05) is 18.2 Å². The van der Waals surface area contributed by atoms with E-state index in [9.17, 15) is 9.59 Å². The fourth-order valence-corrected chi connectivity index (χ4v) is 1.66. The first-order valence-corrected chi connectivity index (χ1v) is 6.02. The van der Waals surface area contributed by atoms with E-state index < -0.39 is 11.9 Å². The summed E-state index contributed by atoms with van der Waals surface area (Å²) in [5, 5.41) is 21.7. The molecule has 0 amide bonds. The van der Waals surface area contributed by atoms with Crippen LogP contribution in [-0.4, -0.2) is 28.4 Å². The van der Waals surface area contributed by atoms with Crippen LogP contribution in [0.3, 0.4) is 0 Å². The zero-order valence-electron chi connectivity index (χ0n) is 10.9. The molecule has 21 heavy (non-hydrogen) atoms. The van der Waals surface area contributed by atoms with E-state index in [0.29, 0.717) is 11.3 Å². The number of hydrazone groups is 1. The van der Waals surface area contributed by atoms with Gasteiger partial charge in [0.25, 0.3) is 0 Å². The topological polar surface area (TPSA) is 99.0 Å². The molecular formula is C15H12N2O4. The summed E-state index contributed by atoms with van der Waals surface area (Å²) in [4.78, 5) is 21.7. The van der Waals surface area contributed by atoms with Gasteiger partial charge in [0.1, 0.15) is 0 Å². The lowest BCUT2D eigenvalue weighted by Gasteiger charge is -2.01. The predicted molar refractivity (Wildman–Crippen MR) is 78.0 cm³/mol. The normalized spacial score (nSPS) is 10.5. The highest BCUT2D eigenvalue weighted by molar-refractivity contribution is 5.91. The van der Waals surface area contributed by atoms with Crippen molar-refractivity contribution in [2.24, 2.45) is 5.10 Å². The third kappa shape index (κ3) is 3.90. The van der Waals surface area contributed by atoms with Gasteiger partial charge in [0, 0.05) is 0 Å². The molecule has 2 aromatic carbocycles. The molecule has 0 saturated carbocycles. The number of carboxylic acids is 2. The number of carbonyl (C=O) groups is 2. The average molecular weight is 284 g/mol. The van der Waals surface area contributed by atoms with Crippen molar-refractivity contribution in [3.8, 4) is 0 Å². The first-order valence-electron chi connectivity index (χ1n) is 6.02. The van der Waals surface area contributed by atoms with Gasteiger partial charge in [-0.25, -0.2) is 9.59 Å². The van der Waals surface area contributed by atoms with Crippen molar-refractivity contribution in [1.29, 1.82) is 0 Å². The Bertz CT molecular complexity index is 710. The molecule has 0 aliphatic rings. The molecule has 6 heteroatoms. The summed E-state index contributed by atoms with van der Waals surface area (Å²) in [5.41, 5.74) is 4.17. The molecule has 2 rings (SSSR count). The number of hydrogen-bond donors (Lipinski definition) is 3. The maximum absolute atomic E-state index is 10.8. The maximum atomic E-state index is 10.8. The van der Waals surface area contributed by atoms with Gasteiger partial charge in [-0.3, -0.25) is 5.43 Å². The van der Waals surface area contributed by atoms with Gasteiger partial charge >= 0.3 is 11.9 Å². The molecule has 0 saturated heterocycles. The SMILES string of the molecule is O=C(O)c1cccc(/C=N/Nc2cccc(C(=O)O)c2)c1. The highest BCUT2D eigenvalue weighted by Crippen LogP contribution is 2.10. The molecule has 0 radical (unpaired) electrons. The van der Waals surface area contributed by atoms with Crippen molar-refractivity contribution in [2.75, 3.05) is 5.43 Å². The third-order valence-corrected chi connectivity index (χ3v) is 2.65. The van der Waals surface area contributed by atoms with Crippen LogP contribution in [0.25, 0.3) is 0 Å². The van der Waals surface area contributed by atoms with E-state index in [4.69, 9.17) is 10.2 Å². The first-order chi connectivity index (χ1) is 10.1. The molecule has 0 unspecified atom stereocenters. The van der Waals surface area contributed by atoms with Gasteiger partial charge in [-0.05, 0) is 35.9 Å². The second kappa shape index (κ2) is 6.33. The van der Waals surface area contributed by atoms with E-state index in [1.807, 2.05) is 0 Å². The lowest BCUT2D eigenvalue weighted by atomic mass is 10.1. The molecular weight excluding hydrogens is 272 g/mol. The molecule has 2 aromatic rings. The van der Waals surface area contributed by atoms with Crippen molar-refractivity contribution in [1.82, 2.24) is 0 Å². The molecule has 0 heterocycles. The summed E-state index contributed by atoms with van der Waals surface area (Å²) in [5.74, 6) is -2.02. The minimum atomic E-state index is -1.02. The molecule has 0 atom stereocenters. The standard InChI is InChI=1S/C15H12N2O4/c18-14(19)11-4-1-3-10(7-11)9-16-17-13-6-2-5-12(8-13)15(20)21/h1-9,17H,(H,18,19)(H,20,21)/b16-9+. The Hall–Kier alpha value is -3.15. The van der Waals surface area contributed by atoms with E-state index in [-0.39, 0.29) is 11.1 Å². The lowest BCUT2D eigenvalue weighted by Crippen LogP contribution is -1.99. The quantitative estimate of drug-likeness (QED) is 0.578. The fourth-order valence-electron chi connectivity index (χ4n) is 1.66. The van der Waals surface area contributed by atoms with Crippen molar-refractivity contribution < 1.29 is 19.8 Å². The number of carboxylic acid groups (broad SMARTS) is 2. The second-order valence-electron chi connectivity index (χ2n) is 4.19. The van der Waals surface area contributed by atoms with Gasteiger partial charge in [-0.2, -0.15) is 5.10 Å². The van der Waals surface area contributed by atoms with Crippen LogP contribution in [0.5, 0.6) is 0 Å². The average Bonchev–Trinajstić information content (AvgIpc) is 2.48. The number of nitrogens with one attached hydrogen (secondary N) is 1. The van der Waals surface area contributed by atoms with E-state index in [0.717, 1.165) is 0 Å². The summed E-state index contributed by atoms with van der Waals surface area (Å²) >= 11 is 0. The van der Waals surface area contributed by atoms with Gasteiger partial charge < -0.3 is 10.2 Å². The minimum Gasteiger partial charge on any atom is -0.478 e. The lowest BCUT2D eigenvalue weighted by molar-refractivity contribution is 0.0686. The first kappa shape index (κ1) is 14.3. The number of nitrogens with zero attached hydrogens (tertiary/aromatic N) is 1. The molecule has 0 bridgehead atoms. The molecule has 0 aliphatic carbocycles. The Labute approximate surface area is 120 Å². The van der Waals surface area contributed by atoms with E-state index in [1.165, 1.54) is 30.5 Å². The molecule has 0 spiro atoms. The Morgan fingerprint density at radius 3 is 2.24 bits per heavy atom. The molecule has 106 valence electrons. The number of anilines is 1. The Kier molecular flexibility index (Phi) is 4.30. The van der Waals surface area contributed by atoms with Crippen LogP contribution in [0, 0.1) is 0 Å². The number of aromatic carboxylic acids is 2. The summed E-state index contributed by atoms with van der Waals surface area (Å²) in [6.07, 6.45) is 1.46. The van der Waals surface area contributed by atoms with Gasteiger partial charge in [0.05, 0.1) is 23.0 Å². The molecule has 3 N–H and O–H groups in total. The largest absolute Gasteiger partial charge is 0.478 e. The Morgan fingerprint density at radius 1 is 0.952 bits per heavy atom. The monoisotopic (exact) mass is 284 g/mol. The van der Waals surface area contributed by atoms with Crippen LogP contribution in [-0.2, 0) is 0 Å². The number of rotatable bonds is 5. The molecule has 0 aromatic heterocycles. The van der Waals surface area contributed by atoms with Crippen LogP contribution in [0.4, 0.5) is 5.69 Å². The molecule has 0 fully saturated rings. The summed E-state index contributed by atoms with van der Waals surface area (Å²) < 4.78 is 0. The van der Waals surface area contributed by atoms with Gasteiger partial charge in [0.2, 0.25) is 0 Å². The van der Waals surface area contributed by atoms with Crippen LogP contribution < -0.4 is 5.43 Å². The number of hydrogen-bond acceptors (Lipinski definition) is 4. The Balaban J connectivity index is 2.09. The van der Waals surface area contributed by atoms with Crippen molar-refractivity contribution >= 4 is 23.8 Å². The van der Waals surface area contributed by atoms with Gasteiger partial charge in [0.15, 0.2) is 0 Å². The summed E-state index contributed by atoms with van der Waals surface area (Å²) in [6.45, 7) is 0. The highest BCUT2D eigenvalue weighted by Gasteiger charge is 2.03. The Morgan fingerprint density at radius 2 is 1.57 bits per heavy atom. The van der Waals surface area contributed by atoms with Crippen LogP contribution in [0.15, 0.2) is 53.6 Å². The van der Waals surface area contributed by atoms with Gasteiger partial charge in [-0.15, -0.1) is 0 Å². The zero-order valence-corrected chi connectivity index (χ0v) is 10.9. The van der Waals surface area contributed by atoms with E-state index in [1.54, 1.807) is 24.3 Å². The summed E-state index contributed by atoms with van der Waals surface area (Å²) in [7, 11) is 0. The number of benzene rings is 2. The van der Waals surface area contributed by atoms with Crippen molar-refractivity contribution in [3.05, 3.63) is 65.2 Å². The van der Waals surface area contributed by atoms with Crippen LogP contribution in [0.1, 0.15) is 26.3 Å². The highest BCUT2D eigenvalue weighted by atomic mass is 16.4. The molecule has 6 nitrogen and oxygen atoms in total. The summed E-state index contributed by atoms with van der Waals surface area (Å²) in [6, 6.07) is 12.5. The third-order valence-electron chi connectivity index (χ3n) is 2.65. The predicted octanol–water partition coefficient (Wildman–Crippen LogP) is 2.53. The smallest absolute Gasteiger partial charge is 0.335 e. The maximum Gasteiger partial charge on any atom is 0.335 e. The second-order valence-corrected chi connectivity index (χ2v) is 4.19. The van der Waals surface area contributed by atoms with Crippen LogP contribution in [0.2, 0.25) is 0 Å². The fraction of sp³-hybridized carbons (Fsp3) is 0. The van der Waals surface area contributed by atoms with Crippen molar-refractivity contribution in [3.63, 3.8) is 0 Å². The van der Waals surface area contributed by atoms with Crippen molar-refractivity contribution in [2.45, 2.75) is 0 Å². The zero-order chi connectivity index (χ0) is 15.2. The minimum absolute atomic E-state index is 0.156. The van der Waals surface area contributed by atoms with E-state index >= 15 is 0 Å². The van der Waals surface area contributed by atoms with Crippen LogP contribution >= 0.6 is 0 Å². The molecule has 0 aliphatic heterocycles.